The van der Waals surface area contributed by atoms with Crippen LogP contribution in [0, 0.1) is 0 Å². The molecule has 0 aromatic heterocycles. The number of ether oxygens (including phenoxy) is 1. The van der Waals surface area contributed by atoms with Gasteiger partial charge in [-0.15, -0.1) is 0 Å². The minimum atomic E-state index is -0.383. The van der Waals surface area contributed by atoms with Crippen LogP contribution in [0.15, 0.2) is 48.5 Å². The van der Waals surface area contributed by atoms with Gasteiger partial charge in [-0.05, 0) is 54.8 Å². The van der Waals surface area contributed by atoms with Gasteiger partial charge in [-0.25, -0.2) is 4.79 Å². The number of benzene rings is 2. The molecule has 0 aliphatic carbocycles. The number of unbranched alkanes of at least 4 members (excludes halogenated alkanes) is 1. The molecule has 5 nitrogen and oxygen atoms in total. The number of methoxy groups -OCH3 is 1. The molecular weight excluding hydrogens is 316 g/mol. The lowest BCUT2D eigenvalue weighted by Gasteiger charge is -2.09. The molecule has 5 heteroatoms. The van der Waals surface area contributed by atoms with Crippen LogP contribution < -0.4 is 10.6 Å². The molecule has 132 valence electrons. The van der Waals surface area contributed by atoms with Gasteiger partial charge in [-0.3, -0.25) is 4.79 Å². The molecule has 0 aliphatic heterocycles. The second-order valence-corrected chi connectivity index (χ2v) is 5.77. The number of amides is 1. The maximum atomic E-state index is 12.0. The van der Waals surface area contributed by atoms with Gasteiger partial charge in [0.2, 0.25) is 5.91 Å². The third-order valence-corrected chi connectivity index (χ3v) is 3.82. The molecule has 2 aromatic rings. The van der Waals surface area contributed by atoms with E-state index in [-0.39, 0.29) is 18.4 Å². The van der Waals surface area contributed by atoms with Crippen LogP contribution in [-0.4, -0.2) is 25.5 Å². The van der Waals surface area contributed by atoms with E-state index in [4.69, 9.17) is 0 Å². The summed E-state index contributed by atoms with van der Waals surface area (Å²) in [6.45, 7) is 2.32. The Hall–Kier alpha value is -2.82. The first-order valence-electron chi connectivity index (χ1n) is 8.43. The van der Waals surface area contributed by atoms with Crippen molar-refractivity contribution in [1.29, 1.82) is 0 Å². The van der Waals surface area contributed by atoms with Gasteiger partial charge in [0.25, 0.3) is 0 Å². The normalized spacial score (nSPS) is 10.2. The van der Waals surface area contributed by atoms with Crippen molar-refractivity contribution < 1.29 is 14.3 Å². The molecule has 0 fully saturated rings. The Kier molecular flexibility index (Phi) is 7.01. The van der Waals surface area contributed by atoms with Gasteiger partial charge in [0.05, 0.1) is 19.2 Å². The lowest BCUT2D eigenvalue weighted by molar-refractivity contribution is -0.114. The van der Waals surface area contributed by atoms with Crippen molar-refractivity contribution in [1.82, 2.24) is 0 Å². The predicted octanol–water partition coefficient (Wildman–Crippen LogP) is 3.87. The van der Waals surface area contributed by atoms with Crippen LogP contribution in [0.1, 0.15) is 35.7 Å². The number of rotatable bonds is 8. The lowest BCUT2D eigenvalue weighted by Crippen LogP contribution is -2.21. The Morgan fingerprint density at radius 2 is 1.60 bits per heavy atom. The van der Waals surface area contributed by atoms with E-state index in [1.54, 1.807) is 24.3 Å². The highest BCUT2D eigenvalue weighted by atomic mass is 16.5. The Bertz CT molecular complexity index is 694. The van der Waals surface area contributed by atoms with Crippen molar-refractivity contribution in [3.8, 4) is 0 Å². The van der Waals surface area contributed by atoms with E-state index in [1.165, 1.54) is 25.5 Å². The SMILES string of the molecule is CCCCc1ccc(NC(=O)CNc2ccc(C(=O)OC)cc2)cc1. The number of carbonyl (C=O) groups is 2. The van der Waals surface area contributed by atoms with Crippen LogP contribution in [0.5, 0.6) is 0 Å². The number of anilines is 2. The molecule has 0 unspecified atom stereocenters. The summed E-state index contributed by atoms with van der Waals surface area (Å²) >= 11 is 0. The van der Waals surface area contributed by atoms with E-state index in [2.05, 4.69) is 22.3 Å². The van der Waals surface area contributed by atoms with Crippen molar-refractivity contribution in [2.75, 3.05) is 24.3 Å². The van der Waals surface area contributed by atoms with Crippen molar-refractivity contribution in [3.63, 3.8) is 0 Å². The molecule has 2 rings (SSSR count). The maximum absolute atomic E-state index is 12.0. The van der Waals surface area contributed by atoms with Gasteiger partial charge in [0, 0.05) is 11.4 Å². The van der Waals surface area contributed by atoms with Gasteiger partial charge in [-0.2, -0.15) is 0 Å². The minimum Gasteiger partial charge on any atom is -0.465 e. The first kappa shape index (κ1) is 18.5. The van der Waals surface area contributed by atoms with Gasteiger partial charge < -0.3 is 15.4 Å². The summed E-state index contributed by atoms with van der Waals surface area (Å²) in [5.74, 6) is -0.509. The smallest absolute Gasteiger partial charge is 0.337 e. The molecule has 25 heavy (non-hydrogen) atoms. The highest BCUT2D eigenvalue weighted by molar-refractivity contribution is 5.94. The molecule has 0 saturated heterocycles. The third kappa shape index (κ3) is 5.95. The van der Waals surface area contributed by atoms with E-state index in [0.29, 0.717) is 5.56 Å². The fraction of sp³-hybridized carbons (Fsp3) is 0.300. The van der Waals surface area contributed by atoms with Crippen LogP contribution in [-0.2, 0) is 16.0 Å². The summed E-state index contributed by atoms with van der Waals surface area (Å²) < 4.78 is 4.65. The molecule has 0 spiro atoms. The van der Waals surface area contributed by atoms with E-state index >= 15 is 0 Å². The summed E-state index contributed by atoms with van der Waals surface area (Å²) in [6, 6.07) is 14.7. The van der Waals surface area contributed by atoms with Crippen molar-refractivity contribution in [2.45, 2.75) is 26.2 Å². The summed E-state index contributed by atoms with van der Waals surface area (Å²) in [5, 5.41) is 5.88. The first-order chi connectivity index (χ1) is 12.1. The van der Waals surface area contributed by atoms with Gasteiger partial charge >= 0.3 is 5.97 Å². The Morgan fingerprint density at radius 3 is 2.20 bits per heavy atom. The monoisotopic (exact) mass is 340 g/mol. The molecule has 0 heterocycles. The first-order valence-corrected chi connectivity index (χ1v) is 8.43. The van der Waals surface area contributed by atoms with Crippen molar-refractivity contribution in [2.24, 2.45) is 0 Å². The van der Waals surface area contributed by atoms with Crippen LogP contribution in [0.25, 0.3) is 0 Å². The van der Waals surface area contributed by atoms with Crippen molar-refractivity contribution in [3.05, 3.63) is 59.7 Å². The van der Waals surface area contributed by atoms with Crippen LogP contribution >= 0.6 is 0 Å². The largest absolute Gasteiger partial charge is 0.465 e. The summed E-state index contributed by atoms with van der Waals surface area (Å²) in [4.78, 5) is 23.4. The molecule has 0 saturated carbocycles. The molecule has 0 bridgehead atoms. The van der Waals surface area contributed by atoms with Gasteiger partial charge in [-0.1, -0.05) is 25.5 Å². The van der Waals surface area contributed by atoms with E-state index in [9.17, 15) is 9.59 Å². The predicted molar refractivity (Wildman–Crippen MR) is 100.0 cm³/mol. The maximum Gasteiger partial charge on any atom is 0.337 e. The number of hydrogen-bond donors (Lipinski definition) is 2. The molecule has 2 N–H and O–H groups in total. The number of esters is 1. The molecule has 2 aromatic carbocycles. The van der Waals surface area contributed by atoms with Crippen LogP contribution in [0.3, 0.4) is 0 Å². The van der Waals surface area contributed by atoms with Crippen LogP contribution in [0.2, 0.25) is 0 Å². The molecule has 0 radical (unpaired) electrons. The third-order valence-electron chi connectivity index (χ3n) is 3.82. The lowest BCUT2D eigenvalue weighted by atomic mass is 10.1. The average Bonchev–Trinajstić information content (AvgIpc) is 2.65. The van der Waals surface area contributed by atoms with Crippen LogP contribution in [0.4, 0.5) is 11.4 Å². The Balaban J connectivity index is 1.81. The van der Waals surface area contributed by atoms with E-state index < -0.39 is 0 Å². The average molecular weight is 340 g/mol. The second-order valence-electron chi connectivity index (χ2n) is 5.77. The standard InChI is InChI=1S/C20H24N2O3/c1-3-4-5-15-6-10-18(11-7-15)22-19(23)14-21-17-12-8-16(9-13-17)20(24)25-2/h6-13,21H,3-5,14H2,1-2H3,(H,22,23). The van der Waals surface area contributed by atoms with E-state index in [0.717, 1.165) is 17.8 Å². The zero-order valence-electron chi connectivity index (χ0n) is 14.7. The number of hydrogen-bond acceptors (Lipinski definition) is 4. The Morgan fingerprint density at radius 1 is 0.960 bits per heavy atom. The topological polar surface area (TPSA) is 67.4 Å². The van der Waals surface area contributed by atoms with Gasteiger partial charge in [0.15, 0.2) is 0 Å². The molecular formula is C20H24N2O3. The highest BCUT2D eigenvalue weighted by Gasteiger charge is 2.06. The van der Waals surface area contributed by atoms with E-state index in [1.807, 2.05) is 24.3 Å². The fourth-order valence-electron chi connectivity index (χ4n) is 2.37. The van der Waals surface area contributed by atoms with Crippen molar-refractivity contribution >= 4 is 23.3 Å². The minimum absolute atomic E-state index is 0.127. The quantitative estimate of drug-likeness (QED) is 0.716. The van der Waals surface area contributed by atoms with Gasteiger partial charge in [0.1, 0.15) is 0 Å². The highest BCUT2D eigenvalue weighted by Crippen LogP contribution is 2.13. The zero-order chi connectivity index (χ0) is 18.1. The second kappa shape index (κ2) is 9.47. The number of carbonyl (C=O) groups excluding carboxylic acids is 2. The molecule has 0 aliphatic rings. The molecule has 1 amide bonds. The summed E-state index contributed by atoms with van der Waals surface area (Å²) in [6.07, 6.45) is 3.41. The Labute approximate surface area is 148 Å². The zero-order valence-corrected chi connectivity index (χ0v) is 14.7. The fourth-order valence-corrected chi connectivity index (χ4v) is 2.37. The summed E-state index contributed by atoms with van der Waals surface area (Å²) in [5.41, 5.74) is 3.30. The number of nitrogens with one attached hydrogen (secondary N) is 2. The summed E-state index contributed by atoms with van der Waals surface area (Å²) in [7, 11) is 1.34. The number of aryl methyl sites for hydroxylation is 1. The molecule has 0 atom stereocenters.